The van der Waals surface area contributed by atoms with E-state index in [1.54, 1.807) is 13.0 Å². The minimum absolute atomic E-state index is 0.325. The van der Waals surface area contributed by atoms with Gasteiger partial charge in [-0.2, -0.15) is 0 Å². The highest BCUT2D eigenvalue weighted by atomic mass is 16.5. The fourth-order valence-corrected chi connectivity index (χ4v) is 1.38. The van der Waals surface area contributed by atoms with E-state index >= 15 is 0 Å². The van der Waals surface area contributed by atoms with Gasteiger partial charge in [-0.3, -0.25) is 0 Å². The molecule has 4 nitrogen and oxygen atoms in total. The fraction of sp³-hybridized carbons (Fsp3) is 0.400. The number of carbonyl (C=O) groups excluding carboxylic acids is 1. The SMILES string of the molecule is CCOC(=O)C=Cc1ccc(OCCN(C)C)cc1. The molecule has 0 amide bonds. The van der Waals surface area contributed by atoms with Crippen molar-refractivity contribution in [2.24, 2.45) is 0 Å². The summed E-state index contributed by atoms with van der Waals surface area (Å²) in [6.07, 6.45) is 3.15. The Balaban J connectivity index is 2.45. The van der Waals surface area contributed by atoms with Crippen LogP contribution in [0.25, 0.3) is 6.08 Å². The van der Waals surface area contributed by atoms with Gasteiger partial charge in [0, 0.05) is 12.6 Å². The first-order valence-corrected chi connectivity index (χ1v) is 6.34. The van der Waals surface area contributed by atoms with Crippen molar-refractivity contribution in [3.05, 3.63) is 35.9 Å². The predicted octanol–water partition coefficient (Wildman–Crippen LogP) is 2.20. The van der Waals surface area contributed by atoms with Crippen LogP contribution in [0.5, 0.6) is 5.75 Å². The molecule has 0 spiro atoms. The lowest BCUT2D eigenvalue weighted by Gasteiger charge is -2.10. The van der Waals surface area contributed by atoms with Crippen molar-refractivity contribution in [2.75, 3.05) is 33.9 Å². The Morgan fingerprint density at radius 1 is 1.26 bits per heavy atom. The zero-order valence-corrected chi connectivity index (χ0v) is 11.8. The molecule has 0 fully saturated rings. The van der Waals surface area contributed by atoms with Gasteiger partial charge in [0.15, 0.2) is 0 Å². The van der Waals surface area contributed by atoms with Gasteiger partial charge in [0.1, 0.15) is 12.4 Å². The molecule has 0 unspecified atom stereocenters. The number of esters is 1. The van der Waals surface area contributed by atoms with E-state index in [9.17, 15) is 4.79 Å². The zero-order valence-electron chi connectivity index (χ0n) is 11.8. The van der Waals surface area contributed by atoms with Crippen LogP contribution in [0.3, 0.4) is 0 Å². The molecular weight excluding hydrogens is 242 g/mol. The number of likely N-dealkylation sites (N-methyl/N-ethyl adjacent to an activating group) is 1. The average molecular weight is 263 g/mol. The van der Waals surface area contributed by atoms with Crippen LogP contribution in [0, 0.1) is 0 Å². The second-order valence-corrected chi connectivity index (χ2v) is 4.31. The molecule has 0 aliphatic rings. The van der Waals surface area contributed by atoms with Crippen molar-refractivity contribution in [1.29, 1.82) is 0 Å². The van der Waals surface area contributed by atoms with Crippen LogP contribution in [0.15, 0.2) is 30.3 Å². The molecule has 0 N–H and O–H groups in total. The standard InChI is InChI=1S/C15H21NO3/c1-4-18-15(17)10-7-13-5-8-14(9-6-13)19-12-11-16(2)3/h5-10H,4,11-12H2,1-3H3. The lowest BCUT2D eigenvalue weighted by Crippen LogP contribution is -2.19. The summed E-state index contributed by atoms with van der Waals surface area (Å²) in [6.45, 7) is 3.71. The van der Waals surface area contributed by atoms with Crippen molar-refractivity contribution >= 4 is 12.0 Å². The molecular formula is C15H21NO3. The number of carbonyl (C=O) groups is 1. The van der Waals surface area contributed by atoms with E-state index in [4.69, 9.17) is 9.47 Å². The highest BCUT2D eigenvalue weighted by Crippen LogP contribution is 2.13. The van der Waals surface area contributed by atoms with Crippen LogP contribution in [0.4, 0.5) is 0 Å². The minimum atomic E-state index is -0.325. The van der Waals surface area contributed by atoms with Gasteiger partial charge >= 0.3 is 5.97 Å². The first-order chi connectivity index (χ1) is 9.11. The summed E-state index contributed by atoms with van der Waals surface area (Å²) in [7, 11) is 4.01. The maximum Gasteiger partial charge on any atom is 0.330 e. The molecule has 0 bridgehead atoms. The summed E-state index contributed by atoms with van der Waals surface area (Å²) < 4.78 is 10.4. The molecule has 0 aromatic heterocycles. The smallest absolute Gasteiger partial charge is 0.330 e. The van der Waals surface area contributed by atoms with E-state index < -0.39 is 0 Å². The van der Waals surface area contributed by atoms with E-state index in [-0.39, 0.29) is 5.97 Å². The van der Waals surface area contributed by atoms with Crippen molar-refractivity contribution in [2.45, 2.75) is 6.92 Å². The Hall–Kier alpha value is -1.81. The quantitative estimate of drug-likeness (QED) is 0.558. The first-order valence-electron chi connectivity index (χ1n) is 6.34. The summed E-state index contributed by atoms with van der Waals surface area (Å²) in [6, 6.07) is 7.59. The largest absolute Gasteiger partial charge is 0.492 e. The van der Waals surface area contributed by atoms with Crippen molar-refractivity contribution in [1.82, 2.24) is 4.90 Å². The average Bonchev–Trinajstić information content (AvgIpc) is 2.38. The normalized spacial score (nSPS) is 10.9. The van der Waals surface area contributed by atoms with Crippen molar-refractivity contribution < 1.29 is 14.3 Å². The van der Waals surface area contributed by atoms with Crippen LogP contribution in [-0.4, -0.2) is 44.7 Å². The third-order valence-corrected chi connectivity index (χ3v) is 2.39. The highest BCUT2D eigenvalue weighted by molar-refractivity contribution is 5.87. The maximum absolute atomic E-state index is 11.2. The van der Waals surface area contributed by atoms with Crippen LogP contribution in [0.2, 0.25) is 0 Å². The van der Waals surface area contributed by atoms with Gasteiger partial charge in [0.25, 0.3) is 0 Å². The molecule has 0 atom stereocenters. The van der Waals surface area contributed by atoms with E-state index in [2.05, 4.69) is 4.90 Å². The van der Waals surface area contributed by atoms with Crippen LogP contribution >= 0.6 is 0 Å². The van der Waals surface area contributed by atoms with Crippen LogP contribution in [0.1, 0.15) is 12.5 Å². The first kappa shape index (κ1) is 15.2. The Kier molecular flexibility index (Phi) is 6.68. The molecule has 0 aliphatic heterocycles. The lowest BCUT2D eigenvalue weighted by molar-refractivity contribution is -0.137. The maximum atomic E-state index is 11.2. The van der Waals surface area contributed by atoms with Gasteiger partial charge in [-0.15, -0.1) is 0 Å². The summed E-state index contributed by atoms with van der Waals surface area (Å²) >= 11 is 0. The highest BCUT2D eigenvalue weighted by Gasteiger charge is 1.96. The number of ether oxygens (including phenoxy) is 2. The van der Waals surface area contributed by atoms with E-state index in [0.717, 1.165) is 17.9 Å². The van der Waals surface area contributed by atoms with E-state index in [1.807, 2.05) is 38.4 Å². The Labute approximate surface area is 114 Å². The summed E-state index contributed by atoms with van der Waals surface area (Å²) in [4.78, 5) is 13.2. The molecule has 0 radical (unpaired) electrons. The second-order valence-electron chi connectivity index (χ2n) is 4.31. The summed E-state index contributed by atoms with van der Waals surface area (Å²) in [5.41, 5.74) is 0.938. The van der Waals surface area contributed by atoms with E-state index in [0.29, 0.717) is 13.2 Å². The van der Waals surface area contributed by atoms with Gasteiger partial charge < -0.3 is 14.4 Å². The van der Waals surface area contributed by atoms with Crippen LogP contribution < -0.4 is 4.74 Å². The molecule has 1 rings (SSSR count). The number of hydrogen-bond donors (Lipinski definition) is 0. The van der Waals surface area contributed by atoms with Crippen molar-refractivity contribution in [3.8, 4) is 5.75 Å². The summed E-state index contributed by atoms with van der Waals surface area (Å²) in [5.74, 6) is 0.504. The monoisotopic (exact) mass is 263 g/mol. The third-order valence-electron chi connectivity index (χ3n) is 2.39. The number of nitrogens with zero attached hydrogens (tertiary/aromatic N) is 1. The fourth-order valence-electron chi connectivity index (χ4n) is 1.38. The lowest BCUT2D eigenvalue weighted by atomic mass is 10.2. The van der Waals surface area contributed by atoms with Gasteiger partial charge in [0.2, 0.25) is 0 Å². The molecule has 104 valence electrons. The number of benzene rings is 1. The second kappa shape index (κ2) is 8.32. The number of rotatable bonds is 7. The third kappa shape index (κ3) is 6.62. The molecule has 0 saturated heterocycles. The van der Waals surface area contributed by atoms with Gasteiger partial charge in [0.05, 0.1) is 6.61 Å². The van der Waals surface area contributed by atoms with Crippen molar-refractivity contribution in [3.63, 3.8) is 0 Å². The minimum Gasteiger partial charge on any atom is -0.492 e. The Morgan fingerprint density at radius 3 is 2.53 bits per heavy atom. The molecule has 19 heavy (non-hydrogen) atoms. The zero-order chi connectivity index (χ0) is 14.1. The topological polar surface area (TPSA) is 38.8 Å². The molecule has 0 heterocycles. The van der Waals surface area contributed by atoms with Crippen LogP contribution in [-0.2, 0) is 9.53 Å². The van der Waals surface area contributed by atoms with Gasteiger partial charge in [-0.05, 0) is 44.8 Å². The summed E-state index contributed by atoms with van der Waals surface area (Å²) in [5, 5.41) is 0. The molecule has 1 aromatic rings. The molecule has 1 aromatic carbocycles. The predicted molar refractivity (Wildman–Crippen MR) is 76.2 cm³/mol. The number of hydrogen-bond acceptors (Lipinski definition) is 4. The molecule has 4 heteroatoms. The van der Waals surface area contributed by atoms with Gasteiger partial charge in [-0.25, -0.2) is 4.79 Å². The molecule has 0 aliphatic carbocycles. The Morgan fingerprint density at radius 2 is 1.95 bits per heavy atom. The van der Waals surface area contributed by atoms with E-state index in [1.165, 1.54) is 6.08 Å². The van der Waals surface area contributed by atoms with Gasteiger partial charge in [-0.1, -0.05) is 12.1 Å². The molecule has 0 saturated carbocycles. The Bertz CT molecular complexity index is 410.